The Morgan fingerprint density at radius 3 is 2.75 bits per heavy atom. The molecule has 1 amide bonds. The first-order chi connectivity index (χ1) is 9.38. The monoisotopic (exact) mass is 276 g/mol. The molecule has 1 unspecified atom stereocenters. The summed E-state index contributed by atoms with van der Waals surface area (Å²) in [6.45, 7) is 8.29. The first-order valence-corrected chi connectivity index (χ1v) is 7.18. The summed E-state index contributed by atoms with van der Waals surface area (Å²) >= 11 is 0. The Hall–Kier alpha value is -1.55. The van der Waals surface area contributed by atoms with E-state index in [4.69, 9.17) is 0 Å². The molecule has 1 aromatic rings. The molecule has 0 spiro atoms. The van der Waals surface area contributed by atoms with E-state index in [1.807, 2.05) is 32.9 Å². The molecule has 1 fully saturated rings. The van der Waals surface area contributed by atoms with Crippen LogP contribution in [0, 0.1) is 0 Å². The molecule has 4 nitrogen and oxygen atoms in total. The van der Waals surface area contributed by atoms with E-state index in [0.29, 0.717) is 12.5 Å². The molecule has 2 N–H and O–H groups in total. The molecule has 0 aromatic heterocycles. The highest BCUT2D eigenvalue weighted by Crippen LogP contribution is 2.24. The van der Waals surface area contributed by atoms with E-state index in [1.165, 1.54) is 10.5 Å². The highest BCUT2D eigenvalue weighted by Gasteiger charge is 2.26. The van der Waals surface area contributed by atoms with E-state index in [2.05, 4.69) is 17.4 Å². The topological polar surface area (TPSA) is 52.6 Å². The van der Waals surface area contributed by atoms with Gasteiger partial charge in [-0.15, -0.1) is 0 Å². The van der Waals surface area contributed by atoms with Crippen LogP contribution in [-0.4, -0.2) is 34.7 Å². The smallest absolute Gasteiger partial charge is 0.408 e. The maximum absolute atomic E-state index is 11.4. The zero-order valence-corrected chi connectivity index (χ0v) is 12.5. The van der Waals surface area contributed by atoms with Gasteiger partial charge < -0.3 is 10.4 Å². The van der Waals surface area contributed by atoms with Crippen LogP contribution < -0.4 is 5.32 Å². The predicted octanol–water partition coefficient (Wildman–Crippen LogP) is 3.04. The van der Waals surface area contributed by atoms with Gasteiger partial charge in [0.15, 0.2) is 0 Å². The maximum atomic E-state index is 11.4. The third kappa shape index (κ3) is 3.51. The Bertz CT molecular complexity index is 474. The SMILES string of the molecule is CC(C)(C)N(Cc1cccc(C2CCNC2)c1)C(=O)O. The fourth-order valence-electron chi connectivity index (χ4n) is 2.66. The maximum Gasteiger partial charge on any atom is 0.408 e. The molecule has 2 rings (SSSR count). The van der Waals surface area contributed by atoms with Crippen LogP contribution in [0.25, 0.3) is 0 Å². The summed E-state index contributed by atoms with van der Waals surface area (Å²) in [5.41, 5.74) is 1.98. The molecule has 1 atom stereocenters. The summed E-state index contributed by atoms with van der Waals surface area (Å²) in [5, 5.41) is 12.7. The number of nitrogens with one attached hydrogen (secondary N) is 1. The van der Waals surface area contributed by atoms with Crippen LogP contribution in [0.1, 0.15) is 44.2 Å². The summed E-state index contributed by atoms with van der Waals surface area (Å²) in [4.78, 5) is 12.9. The van der Waals surface area contributed by atoms with E-state index in [0.717, 1.165) is 25.1 Å². The molecule has 20 heavy (non-hydrogen) atoms. The quantitative estimate of drug-likeness (QED) is 0.892. The van der Waals surface area contributed by atoms with Crippen molar-refractivity contribution in [1.82, 2.24) is 10.2 Å². The van der Waals surface area contributed by atoms with E-state index in [1.54, 1.807) is 0 Å². The molecule has 4 heteroatoms. The third-order valence-corrected chi connectivity index (χ3v) is 3.86. The summed E-state index contributed by atoms with van der Waals surface area (Å²) in [7, 11) is 0. The van der Waals surface area contributed by atoms with Gasteiger partial charge in [0.25, 0.3) is 0 Å². The molecule has 1 aliphatic rings. The predicted molar refractivity (Wildman–Crippen MR) is 80.0 cm³/mol. The van der Waals surface area contributed by atoms with Crippen molar-refractivity contribution in [2.24, 2.45) is 0 Å². The van der Waals surface area contributed by atoms with Crippen LogP contribution in [0.2, 0.25) is 0 Å². The summed E-state index contributed by atoms with van der Waals surface area (Å²) < 4.78 is 0. The average Bonchev–Trinajstić information content (AvgIpc) is 2.88. The van der Waals surface area contributed by atoms with Gasteiger partial charge in [-0.2, -0.15) is 0 Å². The van der Waals surface area contributed by atoms with E-state index >= 15 is 0 Å². The van der Waals surface area contributed by atoms with Crippen molar-refractivity contribution in [3.05, 3.63) is 35.4 Å². The fraction of sp³-hybridized carbons (Fsp3) is 0.562. The summed E-state index contributed by atoms with van der Waals surface area (Å²) in [6.07, 6.45) is 0.288. The van der Waals surface area contributed by atoms with Crippen molar-refractivity contribution in [1.29, 1.82) is 0 Å². The van der Waals surface area contributed by atoms with Crippen LogP contribution in [0.4, 0.5) is 4.79 Å². The number of nitrogens with zero attached hydrogens (tertiary/aromatic N) is 1. The highest BCUT2D eigenvalue weighted by molar-refractivity contribution is 5.66. The number of rotatable bonds is 3. The first kappa shape index (κ1) is 14.9. The van der Waals surface area contributed by atoms with Crippen molar-refractivity contribution in [2.45, 2.75) is 45.2 Å². The molecule has 0 radical (unpaired) electrons. The number of carboxylic acid groups (broad SMARTS) is 1. The lowest BCUT2D eigenvalue weighted by atomic mass is 9.96. The Labute approximate surface area is 120 Å². The zero-order chi connectivity index (χ0) is 14.8. The van der Waals surface area contributed by atoms with Gasteiger partial charge in [-0.3, -0.25) is 4.90 Å². The second-order valence-corrected chi connectivity index (χ2v) is 6.47. The van der Waals surface area contributed by atoms with Crippen LogP contribution >= 0.6 is 0 Å². The molecular weight excluding hydrogens is 252 g/mol. The lowest BCUT2D eigenvalue weighted by molar-refractivity contribution is 0.0955. The molecule has 0 bridgehead atoms. The summed E-state index contributed by atoms with van der Waals surface area (Å²) in [5.74, 6) is 0.558. The average molecular weight is 276 g/mol. The van der Waals surface area contributed by atoms with Crippen LogP contribution in [0.5, 0.6) is 0 Å². The zero-order valence-electron chi connectivity index (χ0n) is 12.5. The van der Waals surface area contributed by atoms with Gasteiger partial charge in [0.2, 0.25) is 0 Å². The molecule has 0 aliphatic carbocycles. The Morgan fingerprint density at radius 1 is 1.45 bits per heavy atom. The fourth-order valence-corrected chi connectivity index (χ4v) is 2.66. The normalized spacial score (nSPS) is 19.1. The van der Waals surface area contributed by atoms with Crippen molar-refractivity contribution in [3.8, 4) is 0 Å². The van der Waals surface area contributed by atoms with Crippen molar-refractivity contribution >= 4 is 6.09 Å². The Morgan fingerprint density at radius 2 is 2.20 bits per heavy atom. The molecule has 110 valence electrons. The molecular formula is C16H24N2O2. The van der Waals surface area contributed by atoms with E-state index < -0.39 is 11.6 Å². The molecule has 1 saturated heterocycles. The van der Waals surface area contributed by atoms with Gasteiger partial charge in [-0.25, -0.2) is 4.79 Å². The minimum atomic E-state index is -0.870. The number of hydrogen-bond donors (Lipinski definition) is 2. The standard InChI is InChI=1S/C16H24N2O2/c1-16(2,3)18(15(19)20)11-12-5-4-6-13(9-12)14-7-8-17-10-14/h4-6,9,14,17H,7-8,10-11H2,1-3H3,(H,19,20). The Balaban J connectivity index is 2.16. The van der Waals surface area contributed by atoms with Gasteiger partial charge in [-0.05, 0) is 50.8 Å². The summed E-state index contributed by atoms with van der Waals surface area (Å²) in [6, 6.07) is 8.34. The lowest BCUT2D eigenvalue weighted by Gasteiger charge is -2.33. The van der Waals surface area contributed by atoms with E-state index in [9.17, 15) is 9.90 Å². The van der Waals surface area contributed by atoms with Crippen molar-refractivity contribution < 1.29 is 9.90 Å². The lowest BCUT2D eigenvalue weighted by Crippen LogP contribution is -2.44. The molecule has 1 aliphatic heterocycles. The second-order valence-electron chi connectivity index (χ2n) is 6.47. The second kappa shape index (κ2) is 5.83. The van der Waals surface area contributed by atoms with Gasteiger partial charge in [0, 0.05) is 18.6 Å². The van der Waals surface area contributed by atoms with Gasteiger partial charge in [0.1, 0.15) is 0 Å². The van der Waals surface area contributed by atoms with E-state index in [-0.39, 0.29) is 0 Å². The number of benzene rings is 1. The highest BCUT2D eigenvalue weighted by atomic mass is 16.4. The number of amides is 1. The minimum Gasteiger partial charge on any atom is -0.465 e. The van der Waals surface area contributed by atoms with Gasteiger partial charge >= 0.3 is 6.09 Å². The number of carbonyl (C=O) groups is 1. The van der Waals surface area contributed by atoms with Crippen molar-refractivity contribution in [3.63, 3.8) is 0 Å². The van der Waals surface area contributed by atoms with Gasteiger partial charge in [0.05, 0.1) is 0 Å². The van der Waals surface area contributed by atoms with Gasteiger partial charge in [-0.1, -0.05) is 24.3 Å². The molecule has 1 heterocycles. The van der Waals surface area contributed by atoms with Crippen LogP contribution in [0.3, 0.4) is 0 Å². The number of hydrogen-bond acceptors (Lipinski definition) is 2. The molecule has 1 aromatic carbocycles. The Kier molecular flexibility index (Phi) is 4.33. The largest absolute Gasteiger partial charge is 0.465 e. The minimum absolute atomic E-state index is 0.392. The van der Waals surface area contributed by atoms with Crippen LogP contribution in [-0.2, 0) is 6.54 Å². The van der Waals surface area contributed by atoms with Crippen molar-refractivity contribution in [2.75, 3.05) is 13.1 Å². The van der Waals surface area contributed by atoms with Crippen LogP contribution in [0.15, 0.2) is 24.3 Å². The third-order valence-electron chi connectivity index (χ3n) is 3.86. The molecule has 0 saturated carbocycles. The first-order valence-electron chi connectivity index (χ1n) is 7.18.